The molecule has 2 rings (SSSR count). The van der Waals surface area contributed by atoms with Gasteiger partial charge in [0.05, 0.1) is 0 Å². The topological polar surface area (TPSA) is 49.8 Å². The Morgan fingerprint density at radius 2 is 1.95 bits per heavy atom. The molecule has 4 nitrogen and oxygen atoms in total. The molecule has 0 bridgehead atoms. The third-order valence-corrected chi connectivity index (χ3v) is 4.07. The van der Waals surface area contributed by atoms with E-state index < -0.39 is 11.9 Å². The molecule has 2 atom stereocenters. The second kappa shape index (κ2) is 6.49. The van der Waals surface area contributed by atoms with Gasteiger partial charge in [-0.05, 0) is 18.3 Å². The third kappa shape index (κ3) is 4.22. The Hall–Kier alpha value is -1.53. The van der Waals surface area contributed by atoms with Crippen molar-refractivity contribution < 1.29 is 13.2 Å². The van der Waals surface area contributed by atoms with Gasteiger partial charge in [0.1, 0.15) is 5.82 Å². The van der Waals surface area contributed by atoms with Crippen molar-refractivity contribution in [2.24, 2.45) is 11.8 Å². The lowest BCUT2D eigenvalue weighted by Gasteiger charge is -2.29. The summed E-state index contributed by atoms with van der Waals surface area (Å²) in [6, 6.07) is 0.967. The summed E-state index contributed by atoms with van der Waals surface area (Å²) in [4.78, 5) is 7.49. The molecule has 1 saturated carbocycles. The summed E-state index contributed by atoms with van der Waals surface area (Å²) in [6.45, 7) is 2.85. The van der Waals surface area contributed by atoms with Gasteiger partial charge in [0, 0.05) is 19.7 Å². The summed E-state index contributed by atoms with van der Waals surface area (Å²) in [6.07, 6.45) is 0.266. The van der Waals surface area contributed by atoms with Gasteiger partial charge >= 0.3 is 6.18 Å². The van der Waals surface area contributed by atoms with Crippen molar-refractivity contribution in [3.63, 3.8) is 0 Å². The molecule has 118 valence electrons. The Morgan fingerprint density at radius 3 is 2.57 bits per heavy atom. The maximum atomic E-state index is 12.8. The summed E-state index contributed by atoms with van der Waals surface area (Å²) in [5, 5.41) is 5.61. The van der Waals surface area contributed by atoms with E-state index in [4.69, 9.17) is 0 Å². The molecular formula is C14H21F3N4. The van der Waals surface area contributed by atoms with Crippen LogP contribution in [0.4, 0.5) is 24.9 Å². The van der Waals surface area contributed by atoms with Crippen molar-refractivity contribution in [2.45, 2.75) is 38.8 Å². The number of anilines is 2. The van der Waals surface area contributed by atoms with Gasteiger partial charge in [-0.3, -0.25) is 0 Å². The van der Waals surface area contributed by atoms with Crippen LogP contribution in [0.3, 0.4) is 0 Å². The molecule has 1 aliphatic rings. The lowest BCUT2D eigenvalue weighted by molar-refractivity contribution is -0.141. The van der Waals surface area contributed by atoms with Crippen LogP contribution in [0.15, 0.2) is 6.07 Å². The number of halogens is 3. The maximum absolute atomic E-state index is 12.8. The summed E-state index contributed by atoms with van der Waals surface area (Å²) in [5.74, 6) is 1.28. The first-order valence-electron chi connectivity index (χ1n) is 7.28. The minimum absolute atomic E-state index is 0.0241. The van der Waals surface area contributed by atoms with E-state index in [-0.39, 0.29) is 11.8 Å². The van der Waals surface area contributed by atoms with Crippen LogP contribution >= 0.6 is 0 Å². The van der Waals surface area contributed by atoms with Gasteiger partial charge in [0.2, 0.25) is 5.95 Å². The molecule has 0 spiro atoms. The van der Waals surface area contributed by atoms with Crippen LogP contribution in [-0.4, -0.2) is 23.6 Å². The van der Waals surface area contributed by atoms with Gasteiger partial charge in [-0.2, -0.15) is 18.2 Å². The molecule has 1 heterocycles. The van der Waals surface area contributed by atoms with Crippen molar-refractivity contribution in [1.29, 1.82) is 0 Å². The minimum Gasteiger partial charge on any atom is -0.370 e. The van der Waals surface area contributed by atoms with Crippen LogP contribution < -0.4 is 10.6 Å². The van der Waals surface area contributed by atoms with Crippen molar-refractivity contribution >= 4 is 11.8 Å². The normalized spacial score (nSPS) is 22.9. The molecule has 21 heavy (non-hydrogen) atoms. The Morgan fingerprint density at radius 1 is 1.24 bits per heavy atom. The van der Waals surface area contributed by atoms with Crippen LogP contribution in [0.2, 0.25) is 0 Å². The van der Waals surface area contributed by atoms with Crippen LogP contribution in [0.5, 0.6) is 0 Å². The van der Waals surface area contributed by atoms with Gasteiger partial charge in [0.15, 0.2) is 5.69 Å². The fourth-order valence-electron chi connectivity index (χ4n) is 2.73. The first kappa shape index (κ1) is 15.9. The average molecular weight is 302 g/mol. The van der Waals surface area contributed by atoms with E-state index >= 15 is 0 Å². The molecule has 1 fully saturated rings. The Bertz CT molecular complexity index is 476. The van der Waals surface area contributed by atoms with Crippen molar-refractivity contribution in [3.8, 4) is 0 Å². The van der Waals surface area contributed by atoms with Gasteiger partial charge < -0.3 is 10.6 Å². The fourth-order valence-corrected chi connectivity index (χ4v) is 2.73. The second-order valence-electron chi connectivity index (χ2n) is 5.61. The number of alkyl halides is 3. The molecule has 0 aliphatic heterocycles. The Kier molecular flexibility index (Phi) is 4.90. The first-order chi connectivity index (χ1) is 9.90. The van der Waals surface area contributed by atoms with Crippen LogP contribution in [0.25, 0.3) is 0 Å². The summed E-state index contributed by atoms with van der Waals surface area (Å²) in [7, 11) is 1.50. The number of hydrogen-bond acceptors (Lipinski definition) is 4. The molecule has 0 aromatic carbocycles. The molecule has 0 amide bonds. The molecule has 0 radical (unpaired) electrons. The van der Waals surface area contributed by atoms with E-state index in [1.54, 1.807) is 0 Å². The second-order valence-corrected chi connectivity index (χ2v) is 5.61. The zero-order valence-corrected chi connectivity index (χ0v) is 12.3. The lowest BCUT2D eigenvalue weighted by atomic mass is 9.80. The maximum Gasteiger partial charge on any atom is 0.433 e. The summed E-state index contributed by atoms with van der Waals surface area (Å²) < 4.78 is 38.4. The fraction of sp³-hybridized carbons (Fsp3) is 0.714. The van der Waals surface area contributed by atoms with Gasteiger partial charge in [-0.25, -0.2) is 4.98 Å². The van der Waals surface area contributed by atoms with Crippen LogP contribution in [-0.2, 0) is 6.18 Å². The summed E-state index contributed by atoms with van der Waals surface area (Å²) in [5.41, 5.74) is -0.930. The average Bonchev–Trinajstić information content (AvgIpc) is 2.45. The van der Waals surface area contributed by atoms with Gasteiger partial charge in [-0.15, -0.1) is 0 Å². The number of hydrogen-bond donors (Lipinski definition) is 2. The molecule has 2 N–H and O–H groups in total. The standard InChI is InChI=1S/C14H21F3N4/c1-9-5-3-4-6-10(9)8-19-12-7-11(14(15,16)17)20-13(18-2)21-12/h7,9-10H,3-6,8H2,1-2H3,(H2,18,19,20,21). The smallest absolute Gasteiger partial charge is 0.370 e. The van der Waals surface area contributed by atoms with Crippen molar-refractivity contribution in [2.75, 3.05) is 24.2 Å². The molecule has 1 aromatic heterocycles. The van der Waals surface area contributed by atoms with E-state index in [9.17, 15) is 13.2 Å². The van der Waals surface area contributed by atoms with Crippen LogP contribution in [0.1, 0.15) is 38.3 Å². The number of aromatic nitrogens is 2. The molecule has 2 unspecified atom stereocenters. The predicted molar refractivity (Wildman–Crippen MR) is 76.2 cm³/mol. The molecule has 1 aromatic rings. The Labute approximate surface area is 122 Å². The highest BCUT2D eigenvalue weighted by Crippen LogP contribution is 2.31. The van der Waals surface area contributed by atoms with Crippen molar-refractivity contribution in [1.82, 2.24) is 9.97 Å². The highest BCUT2D eigenvalue weighted by Gasteiger charge is 2.33. The number of rotatable bonds is 4. The lowest BCUT2D eigenvalue weighted by Crippen LogP contribution is -2.25. The SMILES string of the molecule is CNc1nc(NCC2CCCCC2C)cc(C(F)(F)F)n1. The first-order valence-corrected chi connectivity index (χ1v) is 7.28. The zero-order chi connectivity index (χ0) is 15.5. The summed E-state index contributed by atoms with van der Waals surface area (Å²) >= 11 is 0. The highest BCUT2D eigenvalue weighted by molar-refractivity contribution is 5.42. The predicted octanol–water partition coefficient (Wildman–Crippen LogP) is 3.78. The molecule has 1 aliphatic carbocycles. The van der Waals surface area contributed by atoms with Gasteiger partial charge in [0.25, 0.3) is 0 Å². The largest absolute Gasteiger partial charge is 0.433 e. The van der Waals surface area contributed by atoms with E-state index in [1.165, 1.54) is 26.3 Å². The van der Waals surface area contributed by atoms with Gasteiger partial charge in [-0.1, -0.05) is 26.2 Å². The highest BCUT2D eigenvalue weighted by atomic mass is 19.4. The zero-order valence-electron chi connectivity index (χ0n) is 12.3. The monoisotopic (exact) mass is 302 g/mol. The Balaban J connectivity index is 2.08. The van der Waals surface area contributed by atoms with E-state index in [1.807, 2.05) is 0 Å². The third-order valence-electron chi connectivity index (χ3n) is 4.07. The number of nitrogens with one attached hydrogen (secondary N) is 2. The van der Waals surface area contributed by atoms with Crippen molar-refractivity contribution in [3.05, 3.63) is 11.8 Å². The molecular weight excluding hydrogens is 281 g/mol. The minimum atomic E-state index is -4.47. The quantitative estimate of drug-likeness (QED) is 0.889. The molecule has 0 saturated heterocycles. The van der Waals surface area contributed by atoms with E-state index in [2.05, 4.69) is 27.5 Å². The van der Waals surface area contributed by atoms with Crippen LogP contribution in [0, 0.1) is 11.8 Å². The molecule has 7 heteroatoms. The van der Waals surface area contributed by atoms with E-state index in [0.29, 0.717) is 18.4 Å². The number of nitrogens with zero attached hydrogens (tertiary/aromatic N) is 2. The van der Waals surface area contributed by atoms with E-state index in [0.717, 1.165) is 12.5 Å².